The second kappa shape index (κ2) is 6.55. The van der Waals surface area contributed by atoms with E-state index in [9.17, 15) is 9.90 Å². The van der Waals surface area contributed by atoms with Crippen molar-refractivity contribution in [1.82, 2.24) is 14.5 Å². The van der Waals surface area contributed by atoms with Crippen molar-refractivity contribution in [2.45, 2.75) is 6.42 Å². The topological polar surface area (TPSA) is 101 Å². The number of fused-ring (bicyclic) bond motifs is 1. The summed E-state index contributed by atoms with van der Waals surface area (Å²) in [6, 6.07) is -0.100. The number of nitrogens with one attached hydrogen (secondary N) is 3. The Morgan fingerprint density at radius 1 is 1.43 bits per heavy atom. The van der Waals surface area contributed by atoms with E-state index in [1.807, 2.05) is 0 Å². The van der Waals surface area contributed by atoms with E-state index in [4.69, 9.17) is 4.74 Å². The Bertz CT molecular complexity index is 747. The Morgan fingerprint density at radius 3 is 2.91 bits per heavy atom. The highest BCUT2D eigenvalue weighted by Gasteiger charge is 2.27. The third-order valence-corrected chi connectivity index (χ3v) is 4.24. The minimum Gasteiger partial charge on any atom is -0.434 e. The van der Waals surface area contributed by atoms with E-state index in [0.717, 1.165) is 45.8 Å². The molecule has 0 amide bonds. The van der Waals surface area contributed by atoms with Crippen molar-refractivity contribution in [1.29, 1.82) is 0 Å². The first-order chi connectivity index (χ1) is 11.1. The summed E-state index contributed by atoms with van der Waals surface area (Å²) in [5.74, 6) is 0.667. The van der Waals surface area contributed by atoms with Gasteiger partial charge in [-0.25, -0.2) is 4.79 Å². The summed E-state index contributed by atoms with van der Waals surface area (Å²) in [5.41, 5.74) is 0.720. The largest absolute Gasteiger partial charge is 0.519 e. The molecule has 3 heterocycles. The van der Waals surface area contributed by atoms with Crippen molar-refractivity contribution in [3.8, 4) is 6.01 Å². The van der Waals surface area contributed by atoms with Crippen LogP contribution in [0, 0.1) is 0 Å². The minimum absolute atomic E-state index is 0.100. The fourth-order valence-corrected chi connectivity index (χ4v) is 2.82. The van der Waals surface area contributed by atoms with Gasteiger partial charge in [0.05, 0.1) is 13.2 Å². The lowest BCUT2D eigenvalue weighted by Gasteiger charge is -2.26. The number of aryl methyl sites for hydroxylation is 1. The van der Waals surface area contributed by atoms with Gasteiger partial charge >= 0.3 is 23.2 Å². The molecule has 1 aliphatic rings. The van der Waals surface area contributed by atoms with Gasteiger partial charge in [-0.05, 0) is 13.0 Å². The van der Waals surface area contributed by atoms with Gasteiger partial charge < -0.3 is 15.2 Å². The number of rotatable bonds is 5. The molecule has 0 radical (unpaired) electrons. The number of aromatic nitrogens is 4. The van der Waals surface area contributed by atoms with Crippen molar-refractivity contribution >= 4 is 17.1 Å². The van der Waals surface area contributed by atoms with Gasteiger partial charge in [-0.15, -0.1) is 9.13 Å². The SMILES string of the molecule is Cn1c(O)[n+](C)c2[nH+]c(NCCCN3CCOCC3)[nH]c2c1=O. The third kappa shape index (κ3) is 3.15. The van der Waals surface area contributed by atoms with E-state index < -0.39 is 0 Å². The molecule has 2 aromatic heterocycles. The average molecular weight is 324 g/mol. The molecule has 0 saturated carbocycles. The quantitative estimate of drug-likeness (QED) is 0.452. The number of hydrogen-bond donors (Lipinski definition) is 3. The predicted molar refractivity (Wildman–Crippen MR) is 83.3 cm³/mol. The molecule has 0 bridgehead atoms. The molecular weight excluding hydrogens is 300 g/mol. The van der Waals surface area contributed by atoms with Crippen LogP contribution < -0.4 is 20.4 Å². The molecule has 1 saturated heterocycles. The van der Waals surface area contributed by atoms with Crippen LogP contribution >= 0.6 is 0 Å². The number of H-pyrrole nitrogens is 2. The molecule has 0 unspecified atom stereocenters. The van der Waals surface area contributed by atoms with E-state index in [2.05, 4.69) is 20.2 Å². The summed E-state index contributed by atoms with van der Waals surface area (Å²) in [6.45, 7) is 5.41. The zero-order valence-corrected chi connectivity index (χ0v) is 13.6. The number of aromatic hydroxyl groups is 1. The molecule has 0 spiro atoms. The minimum atomic E-state index is -0.270. The van der Waals surface area contributed by atoms with Gasteiger partial charge in [-0.1, -0.05) is 0 Å². The third-order valence-electron chi connectivity index (χ3n) is 4.24. The number of nitrogens with zero attached hydrogens (tertiary/aromatic N) is 3. The molecule has 1 fully saturated rings. The van der Waals surface area contributed by atoms with Crippen LogP contribution in [0.1, 0.15) is 6.42 Å². The summed E-state index contributed by atoms with van der Waals surface area (Å²) in [7, 11) is 3.23. The van der Waals surface area contributed by atoms with Crippen molar-refractivity contribution in [2.24, 2.45) is 14.1 Å². The van der Waals surface area contributed by atoms with E-state index >= 15 is 0 Å². The number of morpholine rings is 1. The number of imidazole rings is 1. The van der Waals surface area contributed by atoms with E-state index in [-0.39, 0.29) is 11.6 Å². The summed E-state index contributed by atoms with van der Waals surface area (Å²) < 4.78 is 8.07. The first-order valence-electron chi connectivity index (χ1n) is 7.85. The lowest BCUT2D eigenvalue weighted by Crippen LogP contribution is -2.40. The molecule has 9 nitrogen and oxygen atoms in total. The summed E-state index contributed by atoms with van der Waals surface area (Å²) in [5, 5.41) is 13.2. The molecule has 0 atom stereocenters. The lowest BCUT2D eigenvalue weighted by molar-refractivity contribution is -0.690. The first kappa shape index (κ1) is 15.8. The number of aromatic amines is 2. The van der Waals surface area contributed by atoms with Gasteiger partial charge in [0.15, 0.2) is 0 Å². The average Bonchev–Trinajstić information content (AvgIpc) is 3.00. The van der Waals surface area contributed by atoms with Gasteiger partial charge in [0.2, 0.25) is 0 Å². The van der Waals surface area contributed by atoms with Crippen LogP contribution in [0.3, 0.4) is 0 Å². The van der Waals surface area contributed by atoms with Gasteiger partial charge in [-0.3, -0.25) is 9.88 Å². The van der Waals surface area contributed by atoms with Crippen molar-refractivity contribution in [2.75, 3.05) is 44.7 Å². The van der Waals surface area contributed by atoms with E-state index in [0.29, 0.717) is 17.1 Å². The van der Waals surface area contributed by atoms with Crippen molar-refractivity contribution < 1.29 is 19.4 Å². The Hall–Kier alpha value is -2.13. The standard InChI is InChI=1S/C14H22N6O3/c1-18-11-10(12(21)19(2)14(18)22)16-13(17-11)15-4-3-5-20-6-8-23-9-7-20/h3-9H2,1-2H3,(H2,15,16,17,21)/p+2. The van der Waals surface area contributed by atoms with Gasteiger partial charge in [0, 0.05) is 19.6 Å². The number of anilines is 1. The van der Waals surface area contributed by atoms with Crippen molar-refractivity contribution in [3.63, 3.8) is 0 Å². The van der Waals surface area contributed by atoms with Crippen LogP contribution in [-0.2, 0) is 18.8 Å². The normalized spacial score (nSPS) is 16.1. The maximum atomic E-state index is 12.1. The van der Waals surface area contributed by atoms with Crippen LogP contribution in [0.25, 0.3) is 11.2 Å². The molecule has 9 heteroatoms. The Labute approximate surface area is 133 Å². The molecule has 0 aromatic carbocycles. The van der Waals surface area contributed by atoms with E-state index in [1.54, 1.807) is 7.05 Å². The van der Waals surface area contributed by atoms with Crippen molar-refractivity contribution in [3.05, 3.63) is 10.4 Å². The maximum Gasteiger partial charge on any atom is 0.519 e. The predicted octanol–water partition coefficient (Wildman–Crippen LogP) is -1.65. The van der Waals surface area contributed by atoms with Crippen LogP contribution in [0.2, 0.25) is 0 Å². The molecular formula is C14H24N6O3+2. The highest BCUT2D eigenvalue weighted by Crippen LogP contribution is 2.05. The van der Waals surface area contributed by atoms with Crippen LogP contribution in [-0.4, -0.2) is 59.0 Å². The summed E-state index contributed by atoms with van der Waals surface area (Å²) >= 11 is 0. The molecule has 126 valence electrons. The highest BCUT2D eigenvalue weighted by molar-refractivity contribution is 5.64. The number of ether oxygens (including phenoxy) is 1. The Morgan fingerprint density at radius 2 is 2.17 bits per heavy atom. The fraction of sp³-hybridized carbons (Fsp3) is 0.643. The van der Waals surface area contributed by atoms with E-state index in [1.165, 1.54) is 16.2 Å². The second-order valence-electron chi connectivity index (χ2n) is 5.81. The Balaban J connectivity index is 1.63. The highest BCUT2D eigenvalue weighted by atomic mass is 16.5. The smallest absolute Gasteiger partial charge is 0.434 e. The fourth-order valence-electron chi connectivity index (χ4n) is 2.82. The monoisotopic (exact) mass is 324 g/mol. The molecule has 0 aliphatic carbocycles. The van der Waals surface area contributed by atoms with Gasteiger partial charge in [0.1, 0.15) is 14.1 Å². The first-order valence-corrected chi connectivity index (χ1v) is 7.85. The Kier molecular flexibility index (Phi) is 4.49. The molecule has 4 N–H and O–H groups in total. The molecule has 2 aromatic rings. The van der Waals surface area contributed by atoms with Crippen LogP contribution in [0.5, 0.6) is 6.01 Å². The van der Waals surface area contributed by atoms with Crippen LogP contribution in [0.4, 0.5) is 5.95 Å². The molecule has 1 aliphatic heterocycles. The zero-order chi connectivity index (χ0) is 16.4. The molecule has 23 heavy (non-hydrogen) atoms. The lowest BCUT2D eigenvalue weighted by atomic mass is 10.3. The van der Waals surface area contributed by atoms with Crippen LogP contribution in [0.15, 0.2) is 4.79 Å². The maximum absolute atomic E-state index is 12.1. The van der Waals surface area contributed by atoms with Gasteiger partial charge in [-0.2, -0.15) is 4.98 Å². The number of hydrogen-bond acceptors (Lipinski definition) is 5. The summed E-state index contributed by atoms with van der Waals surface area (Å²) in [4.78, 5) is 20.7. The van der Waals surface area contributed by atoms with Gasteiger partial charge in [0.25, 0.3) is 5.52 Å². The second-order valence-corrected chi connectivity index (χ2v) is 5.81. The summed E-state index contributed by atoms with van der Waals surface area (Å²) in [6.07, 6.45) is 0.999. The zero-order valence-electron chi connectivity index (χ0n) is 13.6. The molecule has 3 rings (SSSR count).